The Balaban J connectivity index is 2.37. The molecule has 0 aromatic heterocycles. The molecule has 0 saturated carbocycles. The predicted octanol–water partition coefficient (Wildman–Crippen LogP) is 2.75. The Morgan fingerprint density at radius 1 is 1.32 bits per heavy atom. The number of hydrogen-bond acceptors (Lipinski definition) is 3. The second-order valence-corrected chi connectivity index (χ2v) is 5.59. The molecule has 1 aromatic carbocycles. The molecule has 104 valence electrons. The lowest BCUT2D eigenvalue weighted by Crippen LogP contribution is -2.35. The van der Waals surface area contributed by atoms with Gasteiger partial charge in [0.1, 0.15) is 0 Å². The molecule has 19 heavy (non-hydrogen) atoms. The molecule has 1 atom stereocenters. The Morgan fingerprint density at radius 2 is 1.95 bits per heavy atom. The minimum atomic E-state index is -0.477. The van der Waals surface area contributed by atoms with Crippen molar-refractivity contribution < 1.29 is 14.3 Å². The Bertz CT molecular complexity index is 431. The van der Waals surface area contributed by atoms with Crippen molar-refractivity contribution >= 4 is 34.5 Å². The number of amides is 1. The molecule has 0 radical (unpaired) electrons. The summed E-state index contributed by atoms with van der Waals surface area (Å²) < 4.78 is 6.00. The lowest BCUT2D eigenvalue weighted by Gasteiger charge is -2.12. The van der Waals surface area contributed by atoms with Crippen LogP contribution in [-0.2, 0) is 9.53 Å². The molecular weight excluding hydrogens is 357 g/mol. The second kappa shape index (κ2) is 8.14. The van der Waals surface area contributed by atoms with Gasteiger partial charge in [0.15, 0.2) is 6.61 Å². The zero-order valence-electron chi connectivity index (χ0n) is 11.1. The van der Waals surface area contributed by atoms with Crippen molar-refractivity contribution in [2.45, 2.75) is 32.7 Å². The third-order valence-corrected chi connectivity index (χ3v) is 3.26. The van der Waals surface area contributed by atoms with Crippen LogP contribution >= 0.6 is 22.6 Å². The van der Waals surface area contributed by atoms with Crippen LogP contribution in [0, 0.1) is 3.57 Å². The van der Waals surface area contributed by atoms with Crippen LogP contribution in [0.25, 0.3) is 0 Å². The van der Waals surface area contributed by atoms with Gasteiger partial charge < -0.3 is 10.1 Å². The molecule has 0 bridgehead atoms. The summed E-state index contributed by atoms with van der Waals surface area (Å²) in [5.74, 6) is -0.741. The number of carbonyl (C=O) groups is 2. The van der Waals surface area contributed by atoms with Gasteiger partial charge in [-0.05, 0) is 60.2 Å². The van der Waals surface area contributed by atoms with Gasteiger partial charge in [0.2, 0.25) is 0 Å². The number of benzene rings is 1. The molecule has 0 saturated heterocycles. The average Bonchev–Trinajstić information content (AvgIpc) is 2.37. The average molecular weight is 375 g/mol. The van der Waals surface area contributed by atoms with E-state index in [1.165, 1.54) is 0 Å². The fourth-order valence-corrected chi connectivity index (χ4v) is 1.98. The number of ether oxygens (including phenoxy) is 1. The molecule has 4 nitrogen and oxygen atoms in total. The van der Waals surface area contributed by atoms with Crippen molar-refractivity contribution in [3.8, 4) is 0 Å². The van der Waals surface area contributed by atoms with Gasteiger partial charge in [-0.2, -0.15) is 0 Å². The van der Waals surface area contributed by atoms with E-state index in [0.29, 0.717) is 5.56 Å². The number of hydrogen-bond donors (Lipinski definition) is 1. The van der Waals surface area contributed by atoms with E-state index in [1.54, 1.807) is 12.1 Å². The van der Waals surface area contributed by atoms with E-state index in [1.807, 2.05) is 19.1 Å². The van der Waals surface area contributed by atoms with Crippen molar-refractivity contribution in [2.75, 3.05) is 6.61 Å². The molecule has 0 aliphatic rings. The molecule has 5 heteroatoms. The largest absolute Gasteiger partial charge is 0.452 e. The monoisotopic (exact) mass is 375 g/mol. The van der Waals surface area contributed by atoms with E-state index >= 15 is 0 Å². The van der Waals surface area contributed by atoms with Crippen LogP contribution in [0.4, 0.5) is 0 Å². The van der Waals surface area contributed by atoms with Gasteiger partial charge in [0.25, 0.3) is 5.91 Å². The highest BCUT2D eigenvalue weighted by molar-refractivity contribution is 14.1. The normalized spacial score (nSPS) is 11.7. The lowest BCUT2D eigenvalue weighted by molar-refractivity contribution is -0.124. The number of esters is 1. The predicted molar refractivity (Wildman–Crippen MR) is 82.0 cm³/mol. The fraction of sp³-hybridized carbons (Fsp3) is 0.429. The first-order chi connectivity index (χ1) is 9.02. The SMILES string of the molecule is CCC[C@H](C)NC(=O)COC(=O)c1ccc(I)cc1. The summed E-state index contributed by atoms with van der Waals surface area (Å²) in [4.78, 5) is 23.2. The summed E-state index contributed by atoms with van der Waals surface area (Å²) in [7, 11) is 0. The maximum atomic E-state index is 11.7. The molecule has 0 aliphatic heterocycles. The third kappa shape index (κ3) is 6.04. The zero-order valence-corrected chi connectivity index (χ0v) is 13.3. The van der Waals surface area contributed by atoms with Gasteiger partial charge in [-0.3, -0.25) is 4.79 Å². The Hall–Kier alpha value is -1.11. The van der Waals surface area contributed by atoms with Crippen LogP contribution in [0.2, 0.25) is 0 Å². The van der Waals surface area contributed by atoms with E-state index in [4.69, 9.17) is 4.74 Å². The van der Waals surface area contributed by atoms with Crippen LogP contribution in [0.5, 0.6) is 0 Å². The van der Waals surface area contributed by atoms with E-state index < -0.39 is 5.97 Å². The Morgan fingerprint density at radius 3 is 2.53 bits per heavy atom. The minimum Gasteiger partial charge on any atom is -0.452 e. The molecule has 1 aromatic rings. The standard InChI is InChI=1S/C14H18INO3/c1-3-4-10(2)16-13(17)9-19-14(18)11-5-7-12(15)8-6-11/h5-8,10H,3-4,9H2,1-2H3,(H,16,17)/t10-/m0/s1. The molecule has 0 unspecified atom stereocenters. The molecule has 1 amide bonds. The lowest BCUT2D eigenvalue weighted by atomic mass is 10.2. The highest BCUT2D eigenvalue weighted by Crippen LogP contribution is 2.07. The van der Waals surface area contributed by atoms with Gasteiger partial charge in [-0.15, -0.1) is 0 Å². The molecule has 0 heterocycles. The first-order valence-electron chi connectivity index (χ1n) is 6.25. The summed E-state index contributed by atoms with van der Waals surface area (Å²) in [6, 6.07) is 7.11. The molecule has 0 fully saturated rings. The van der Waals surface area contributed by atoms with Gasteiger partial charge >= 0.3 is 5.97 Å². The highest BCUT2D eigenvalue weighted by Gasteiger charge is 2.11. The zero-order chi connectivity index (χ0) is 14.3. The summed E-state index contributed by atoms with van der Waals surface area (Å²) in [5.41, 5.74) is 0.454. The quantitative estimate of drug-likeness (QED) is 0.615. The maximum absolute atomic E-state index is 11.7. The maximum Gasteiger partial charge on any atom is 0.338 e. The van der Waals surface area contributed by atoms with E-state index in [0.717, 1.165) is 16.4 Å². The van der Waals surface area contributed by atoms with Crippen LogP contribution in [0.1, 0.15) is 37.0 Å². The van der Waals surface area contributed by atoms with Crippen molar-refractivity contribution in [3.05, 3.63) is 33.4 Å². The number of rotatable bonds is 6. The number of nitrogens with one attached hydrogen (secondary N) is 1. The van der Waals surface area contributed by atoms with Crippen LogP contribution < -0.4 is 5.32 Å². The van der Waals surface area contributed by atoms with Gasteiger partial charge in [0, 0.05) is 9.61 Å². The molecule has 1 rings (SSSR count). The third-order valence-electron chi connectivity index (χ3n) is 2.54. The van der Waals surface area contributed by atoms with Crippen LogP contribution in [0.3, 0.4) is 0 Å². The summed E-state index contributed by atoms with van der Waals surface area (Å²) in [6.07, 6.45) is 1.92. The number of carbonyl (C=O) groups excluding carboxylic acids is 2. The van der Waals surface area contributed by atoms with E-state index in [9.17, 15) is 9.59 Å². The van der Waals surface area contributed by atoms with Crippen molar-refractivity contribution in [1.82, 2.24) is 5.32 Å². The Kier molecular flexibility index (Phi) is 6.83. The van der Waals surface area contributed by atoms with Crippen molar-refractivity contribution in [1.29, 1.82) is 0 Å². The Labute approximate surface area is 127 Å². The summed E-state index contributed by atoms with van der Waals surface area (Å²) in [6.45, 7) is 3.75. The van der Waals surface area contributed by atoms with Crippen molar-refractivity contribution in [3.63, 3.8) is 0 Å². The minimum absolute atomic E-state index is 0.106. The first kappa shape index (κ1) is 15.9. The molecule has 0 aliphatic carbocycles. The van der Waals surface area contributed by atoms with Crippen molar-refractivity contribution in [2.24, 2.45) is 0 Å². The smallest absolute Gasteiger partial charge is 0.338 e. The fourth-order valence-electron chi connectivity index (χ4n) is 1.62. The van der Waals surface area contributed by atoms with E-state index in [2.05, 4.69) is 34.8 Å². The van der Waals surface area contributed by atoms with Crippen LogP contribution in [-0.4, -0.2) is 24.5 Å². The molecule has 0 spiro atoms. The number of halogens is 1. The van der Waals surface area contributed by atoms with Crippen LogP contribution in [0.15, 0.2) is 24.3 Å². The molecule has 1 N–H and O–H groups in total. The summed E-state index contributed by atoms with van der Waals surface area (Å²) >= 11 is 2.16. The van der Waals surface area contributed by atoms with E-state index in [-0.39, 0.29) is 18.6 Å². The summed E-state index contributed by atoms with van der Waals surface area (Å²) in [5, 5.41) is 2.78. The van der Waals surface area contributed by atoms with Gasteiger partial charge in [-0.25, -0.2) is 4.79 Å². The topological polar surface area (TPSA) is 55.4 Å². The molecular formula is C14H18INO3. The second-order valence-electron chi connectivity index (χ2n) is 4.34. The first-order valence-corrected chi connectivity index (χ1v) is 7.33. The highest BCUT2D eigenvalue weighted by atomic mass is 127. The van der Waals surface area contributed by atoms with Gasteiger partial charge in [-0.1, -0.05) is 13.3 Å². The van der Waals surface area contributed by atoms with Gasteiger partial charge in [0.05, 0.1) is 5.56 Å².